The van der Waals surface area contributed by atoms with Gasteiger partial charge < -0.3 is 4.74 Å². The highest BCUT2D eigenvalue weighted by Crippen LogP contribution is 2.30. The van der Waals surface area contributed by atoms with Crippen molar-refractivity contribution in [1.82, 2.24) is 9.55 Å². The molecule has 148 valence electrons. The zero-order valence-corrected chi connectivity index (χ0v) is 17.8. The molecule has 29 heavy (non-hydrogen) atoms. The number of ether oxygens (including phenoxy) is 1. The third kappa shape index (κ3) is 3.49. The number of thiazole rings is 2. The fraction of sp³-hybridized carbons (Fsp3) is 0.238. The molecule has 1 atom stereocenters. The van der Waals surface area contributed by atoms with Gasteiger partial charge in [0, 0.05) is 0 Å². The van der Waals surface area contributed by atoms with Crippen LogP contribution in [0.3, 0.4) is 0 Å². The minimum absolute atomic E-state index is 0.176. The van der Waals surface area contributed by atoms with Crippen molar-refractivity contribution >= 4 is 34.7 Å². The third-order valence-corrected chi connectivity index (χ3v) is 6.54. The molecule has 0 spiro atoms. The van der Waals surface area contributed by atoms with Crippen LogP contribution in [0.5, 0.6) is 0 Å². The van der Waals surface area contributed by atoms with Crippen molar-refractivity contribution in [3.8, 4) is 0 Å². The van der Waals surface area contributed by atoms with E-state index < -0.39 is 12.0 Å². The summed E-state index contributed by atoms with van der Waals surface area (Å²) in [5.74, 6) is -0.449. The van der Waals surface area contributed by atoms with Crippen molar-refractivity contribution in [2.75, 3.05) is 6.61 Å². The van der Waals surface area contributed by atoms with Crippen LogP contribution in [0.1, 0.15) is 36.0 Å². The topological polar surface area (TPSA) is 73.6 Å². The summed E-state index contributed by atoms with van der Waals surface area (Å²) < 4.78 is 7.45. The molecule has 4 rings (SSSR count). The highest BCUT2D eigenvalue weighted by Gasteiger charge is 2.33. The van der Waals surface area contributed by atoms with Crippen LogP contribution in [0, 0.1) is 6.92 Å². The lowest BCUT2D eigenvalue weighted by Crippen LogP contribution is -2.39. The van der Waals surface area contributed by atoms with Gasteiger partial charge in [0.15, 0.2) is 4.80 Å². The Morgan fingerprint density at radius 1 is 1.28 bits per heavy atom. The van der Waals surface area contributed by atoms with Crippen molar-refractivity contribution in [1.29, 1.82) is 0 Å². The zero-order chi connectivity index (χ0) is 20.5. The number of nitrogens with zero attached hydrogens (tertiary/aromatic N) is 3. The number of allylic oxidation sites excluding steroid dienone is 1. The molecule has 0 bridgehead atoms. The lowest BCUT2D eigenvalue weighted by Gasteiger charge is -2.24. The largest absolute Gasteiger partial charge is 0.463 e. The Labute approximate surface area is 175 Å². The first-order valence-electron chi connectivity index (χ1n) is 9.16. The van der Waals surface area contributed by atoms with E-state index in [9.17, 15) is 9.59 Å². The van der Waals surface area contributed by atoms with Gasteiger partial charge in [-0.05, 0) is 32.4 Å². The SMILES string of the molecule is CCOC(=O)C1=C(C)N=c2sc(=Cc3scnc3C)c(=O)n2C1c1ccccc1. The first-order valence-corrected chi connectivity index (χ1v) is 10.9. The molecule has 1 aliphatic heterocycles. The smallest absolute Gasteiger partial charge is 0.338 e. The van der Waals surface area contributed by atoms with E-state index in [2.05, 4.69) is 9.98 Å². The van der Waals surface area contributed by atoms with Crippen LogP contribution in [0.15, 0.2) is 56.9 Å². The Bertz CT molecular complexity index is 1280. The average Bonchev–Trinajstić information content (AvgIpc) is 3.25. The number of hydrogen-bond donors (Lipinski definition) is 0. The number of aromatic nitrogens is 2. The molecule has 0 fully saturated rings. The van der Waals surface area contributed by atoms with Gasteiger partial charge >= 0.3 is 5.97 Å². The van der Waals surface area contributed by atoms with Gasteiger partial charge in [-0.2, -0.15) is 0 Å². The fourth-order valence-corrected chi connectivity index (χ4v) is 5.15. The molecule has 1 unspecified atom stereocenters. The molecule has 0 aliphatic carbocycles. The lowest BCUT2D eigenvalue weighted by atomic mass is 9.96. The van der Waals surface area contributed by atoms with Crippen LogP contribution >= 0.6 is 22.7 Å². The van der Waals surface area contributed by atoms with E-state index in [1.165, 1.54) is 22.7 Å². The van der Waals surface area contributed by atoms with E-state index >= 15 is 0 Å². The fourth-order valence-electron chi connectivity index (χ4n) is 3.31. The molecule has 0 saturated carbocycles. The van der Waals surface area contributed by atoms with E-state index in [0.29, 0.717) is 20.6 Å². The first kappa shape index (κ1) is 19.5. The van der Waals surface area contributed by atoms with Crippen molar-refractivity contribution in [2.45, 2.75) is 26.8 Å². The molecule has 0 amide bonds. The van der Waals surface area contributed by atoms with Gasteiger partial charge in [-0.1, -0.05) is 41.7 Å². The second-order valence-corrected chi connectivity index (χ2v) is 8.41. The quantitative estimate of drug-likeness (QED) is 0.602. The normalized spacial score (nSPS) is 16.5. The standard InChI is InChI=1S/C21H19N3O3S2/c1-4-27-20(26)17-13(3)23-21-24(18(17)14-8-6-5-7-9-14)19(25)16(29-21)10-15-12(2)22-11-28-15/h5-11,18H,4H2,1-3H3. The molecular formula is C21H19N3O3S2. The van der Waals surface area contributed by atoms with Crippen LogP contribution < -0.4 is 14.9 Å². The second kappa shape index (κ2) is 7.88. The lowest BCUT2D eigenvalue weighted by molar-refractivity contribution is -0.139. The number of fused-ring (bicyclic) bond motifs is 1. The highest BCUT2D eigenvalue weighted by molar-refractivity contribution is 7.11. The van der Waals surface area contributed by atoms with Crippen LogP contribution in [0.4, 0.5) is 0 Å². The number of rotatable bonds is 4. The number of benzene rings is 1. The summed E-state index contributed by atoms with van der Waals surface area (Å²) in [6.07, 6.45) is 1.85. The van der Waals surface area contributed by atoms with Gasteiger partial charge in [0.2, 0.25) is 0 Å². The summed E-state index contributed by atoms with van der Waals surface area (Å²) in [5, 5.41) is 0. The summed E-state index contributed by atoms with van der Waals surface area (Å²) in [5.41, 5.74) is 4.26. The molecule has 0 N–H and O–H groups in total. The summed E-state index contributed by atoms with van der Waals surface area (Å²) >= 11 is 2.80. The van der Waals surface area contributed by atoms with Crippen LogP contribution in [0.25, 0.3) is 6.08 Å². The maximum absolute atomic E-state index is 13.4. The van der Waals surface area contributed by atoms with E-state index in [4.69, 9.17) is 4.74 Å². The molecular weight excluding hydrogens is 406 g/mol. The van der Waals surface area contributed by atoms with Gasteiger partial charge in [0.05, 0.1) is 44.5 Å². The molecule has 0 radical (unpaired) electrons. The van der Waals surface area contributed by atoms with Crippen LogP contribution in [-0.2, 0) is 9.53 Å². The molecule has 2 aromatic heterocycles. The Balaban J connectivity index is 1.98. The van der Waals surface area contributed by atoms with Gasteiger partial charge in [0.1, 0.15) is 0 Å². The molecule has 3 aromatic rings. The summed E-state index contributed by atoms with van der Waals surface area (Å²) in [6, 6.07) is 8.94. The van der Waals surface area contributed by atoms with Gasteiger partial charge in [-0.25, -0.2) is 14.8 Å². The average molecular weight is 426 g/mol. The summed E-state index contributed by atoms with van der Waals surface area (Å²) in [7, 11) is 0. The Morgan fingerprint density at radius 2 is 2.03 bits per heavy atom. The van der Waals surface area contributed by atoms with E-state index in [-0.39, 0.29) is 12.2 Å². The number of esters is 1. The second-order valence-electron chi connectivity index (χ2n) is 6.51. The van der Waals surface area contributed by atoms with Crippen molar-refractivity contribution < 1.29 is 9.53 Å². The Morgan fingerprint density at radius 3 is 2.69 bits per heavy atom. The van der Waals surface area contributed by atoms with E-state index in [0.717, 1.165) is 16.1 Å². The van der Waals surface area contributed by atoms with Crippen LogP contribution in [0.2, 0.25) is 0 Å². The van der Waals surface area contributed by atoms with E-state index in [1.807, 2.05) is 43.3 Å². The van der Waals surface area contributed by atoms with Crippen LogP contribution in [-0.4, -0.2) is 22.1 Å². The van der Waals surface area contributed by atoms with Crippen molar-refractivity contribution in [3.63, 3.8) is 0 Å². The predicted molar refractivity (Wildman–Crippen MR) is 114 cm³/mol. The predicted octanol–water partition coefficient (Wildman–Crippen LogP) is 2.56. The molecule has 3 heterocycles. The Kier molecular flexibility index (Phi) is 5.29. The Hall–Kier alpha value is -2.84. The number of aryl methyl sites for hydroxylation is 1. The van der Waals surface area contributed by atoms with E-state index in [1.54, 1.807) is 23.9 Å². The number of hydrogen-bond acceptors (Lipinski definition) is 7. The minimum Gasteiger partial charge on any atom is -0.463 e. The maximum atomic E-state index is 13.4. The summed E-state index contributed by atoms with van der Waals surface area (Å²) in [6.45, 7) is 5.71. The van der Waals surface area contributed by atoms with Gasteiger partial charge in [-0.15, -0.1) is 11.3 Å². The van der Waals surface area contributed by atoms with Crippen molar-refractivity contribution in [3.05, 3.63) is 82.9 Å². The third-order valence-electron chi connectivity index (χ3n) is 4.68. The molecule has 8 heteroatoms. The maximum Gasteiger partial charge on any atom is 0.338 e. The molecule has 0 saturated heterocycles. The molecule has 1 aromatic carbocycles. The monoisotopic (exact) mass is 425 g/mol. The number of carbonyl (C=O) groups is 1. The van der Waals surface area contributed by atoms with Gasteiger partial charge in [0.25, 0.3) is 5.56 Å². The highest BCUT2D eigenvalue weighted by atomic mass is 32.1. The summed E-state index contributed by atoms with van der Waals surface area (Å²) in [4.78, 5) is 36.4. The zero-order valence-electron chi connectivity index (χ0n) is 16.2. The molecule has 6 nitrogen and oxygen atoms in total. The number of carbonyl (C=O) groups excluding carboxylic acids is 1. The minimum atomic E-state index is -0.573. The van der Waals surface area contributed by atoms with Gasteiger partial charge in [-0.3, -0.25) is 9.36 Å². The molecule has 1 aliphatic rings. The van der Waals surface area contributed by atoms with Crippen molar-refractivity contribution in [2.24, 2.45) is 4.99 Å². The first-order chi connectivity index (χ1) is 14.0.